The Hall–Kier alpha value is -3.50. The summed E-state index contributed by atoms with van der Waals surface area (Å²) in [4.78, 5) is 15.8. The molecular formula is C23H22N6O. The standard InChI is InChI=1S/C23H22N6O/c24-12-15-5-7-25-21(9-15)28-22-11-18(16-1-2-16)10-20(27-22)17-3-4-23(26-13-17)29-8-6-19(30)14-29/h3-5,7,9-11,13,16,19,30H,1-2,6,8,14H2,(H,25,27,28)/t19-/m1/s1. The lowest BCUT2D eigenvalue weighted by Crippen LogP contribution is -2.21. The Bertz CT molecular complexity index is 1100. The third-order valence-electron chi connectivity index (χ3n) is 5.57. The lowest BCUT2D eigenvalue weighted by atomic mass is 10.1. The maximum atomic E-state index is 9.76. The zero-order chi connectivity index (χ0) is 20.5. The number of nitrogens with zero attached hydrogens (tertiary/aromatic N) is 5. The predicted molar refractivity (Wildman–Crippen MR) is 115 cm³/mol. The zero-order valence-electron chi connectivity index (χ0n) is 16.5. The van der Waals surface area contributed by atoms with E-state index in [4.69, 9.17) is 10.2 Å². The molecule has 1 saturated heterocycles. The molecule has 1 aliphatic heterocycles. The molecule has 0 bridgehead atoms. The van der Waals surface area contributed by atoms with Crippen LogP contribution < -0.4 is 10.2 Å². The normalized spacial score (nSPS) is 18.3. The summed E-state index contributed by atoms with van der Waals surface area (Å²) >= 11 is 0. The van der Waals surface area contributed by atoms with Gasteiger partial charge in [0.1, 0.15) is 17.5 Å². The van der Waals surface area contributed by atoms with E-state index in [2.05, 4.69) is 38.4 Å². The summed E-state index contributed by atoms with van der Waals surface area (Å²) in [6.07, 6.45) is 6.36. The van der Waals surface area contributed by atoms with Crippen molar-refractivity contribution in [2.24, 2.45) is 0 Å². The molecule has 3 aromatic heterocycles. The third-order valence-corrected chi connectivity index (χ3v) is 5.57. The molecular weight excluding hydrogens is 376 g/mol. The third kappa shape index (κ3) is 3.95. The molecule has 0 spiro atoms. The number of nitriles is 1. The van der Waals surface area contributed by atoms with Gasteiger partial charge in [0.15, 0.2) is 0 Å². The van der Waals surface area contributed by atoms with Crippen LogP contribution in [0.5, 0.6) is 0 Å². The number of aliphatic hydroxyl groups is 1. The Morgan fingerprint density at radius 3 is 2.67 bits per heavy atom. The number of pyridine rings is 3. The van der Waals surface area contributed by atoms with Gasteiger partial charge in [0.2, 0.25) is 0 Å². The largest absolute Gasteiger partial charge is 0.391 e. The van der Waals surface area contributed by atoms with Gasteiger partial charge in [0.25, 0.3) is 0 Å². The van der Waals surface area contributed by atoms with E-state index in [-0.39, 0.29) is 6.10 Å². The summed E-state index contributed by atoms with van der Waals surface area (Å²) < 4.78 is 0. The monoisotopic (exact) mass is 398 g/mol. The Morgan fingerprint density at radius 1 is 1.07 bits per heavy atom. The molecule has 7 heteroatoms. The van der Waals surface area contributed by atoms with Crippen molar-refractivity contribution >= 4 is 17.5 Å². The van der Waals surface area contributed by atoms with Crippen LogP contribution in [0, 0.1) is 11.3 Å². The minimum absolute atomic E-state index is 0.273. The van der Waals surface area contributed by atoms with Gasteiger partial charge < -0.3 is 15.3 Å². The van der Waals surface area contributed by atoms with Crippen molar-refractivity contribution in [2.75, 3.05) is 23.3 Å². The highest BCUT2D eigenvalue weighted by Gasteiger charge is 2.25. The highest BCUT2D eigenvalue weighted by molar-refractivity contribution is 5.66. The van der Waals surface area contributed by atoms with E-state index in [1.165, 1.54) is 18.4 Å². The predicted octanol–water partition coefficient (Wildman–Crippen LogP) is 3.60. The molecule has 2 fully saturated rings. The molecule has 2 N–H and O–H groups in total. The molecule has 0 aromatic carbocycles. The number of rotatable bonds is 5. The number of aliphatic hydroxyl groups excluding tert-OH is 1. The first-order chi connectivity index (χ1) is 14.7. The number of hydrogen-bond acceptors (Lipinski definition) is 7. The molecule has 150 valence electrons. The fourth-order valence-corrected chi connectivity index (χ4v) is 3.79. The first-order valence-electron chi connectivity index (χ1n) is 10.2. The van der Waals surface area contributed by atoms with Crippen molar-refractivity contribution in [1.82, 2.24) is 15.0 Å². The van der Waals surface area contributed by atoms with E-state index < -0.39 is 0 Å². The van der Waals surface area contributed by atoms with Crippen molar-refractivity contribution in [3.8, 4) is 17.3 Å². The molecule has 4 heterocycles. The molecule has 0 amide bonds. The van der Waals surface area contributed by atoms with Crippen LogP contribution in [0.2, 0.25) is 0 Å². The first-order valence-corrected chi connectivity index (χ1v) is 10.2. The Kier molecular flexibility index (Phi) is 4.77. The maximum absolute atomic E-state index is 9.76. The van der Waals surface area contributed by atoms with E-state index in [9.17, 15) is 5.11 Å². The van der Waals surface area contributed by atoms with Crippen LogP contribution in [-0.2, 0) is 0 Å². The lowest BCUT2D eigenvalue weighted by molar-refractivity contribution is 0.198. The molecule has 7 nitrogen and oxygen atoms in total. The van der Waals surface area contributed by atoms with Gasteiger partial charge in [-0.2, -0.15) is 5.26 Å². The SMILES string of the molecule is N#Cc1ccnc(Nc2cc(C3CC3)cc(-c3ccc(N4CC[C@@H](O)C4)nc3)n2)c1. The average molecular weight is 398 g/mol. The van der Waals surface area contributed by atoms with E-state index in [1.54, 1.807) is 18.3 Å². The minimum atomic E-state index is -0.273. The van der Waals surface area contributed by atoms with E-state index in [1.807, 2.05) is 18.3 Å². The van der Waals surface area contributed by atoms with Crippen molar-refractivity contribution < 1.29 is 5.11 Å². The van der Waals surface area contributed by atoms with Gasteiger partial charge >= 0.3 is 0 Å². The fraction of sp³-hybridized carbons (Fsp3) is 0.304. The van der Waals surface area contributed by atoms with Gasteiger partial charge in [-0.3, -0.25) is 0 Å². The second kappa shape index (κ2) is 7.73. The van der Waals surface area contributed by atoms with Crippen LogP contribution >= 0.6 is 0 Å². The van der Waals surface area contributed by atoms with Crippen LogP contribution in [0.1, 0.15) is 36.3 Å². The molecule has 3 aromatic rings. The van der Waals surface area contributed by atoms with Crippen molar-refractivity contribution in [2.45, 2.75) is 31.3 Å². The second-order valence-electron chi connectivity index (χ2n) is 7.91. The van der Waals surface area contributed by atoms with Crippen LogP contribution in [0.4, 0.5) is 17.5 Å². The van der Waals surface area contributed by atoms with Gasteiger partial charge in [-0.25, -0.2) is 15.0 Å². The van der Waals surface area contributed by atoms with Crippen LogP contribution in [0.25, 0.3) is 11.3 Å². The van der Waals surface area contributed by atoms with Crippen molar-refractivity contribution in [3.05, 3.63) is 59.9 Å². The number of anilines is 3. The smallest absolute Gasteiger partial charge is 0.132 e. The van der Waals surface area contributed by atoms with E-state index in [0.29, 0.717) is 29.7 Å². The van der Waals surface area contributed by atoms with Crippen molar-refractivity contribution in [1.29, 1.82) is 5.26 Å². The summed E-state index contributed by atoms with van der Waals surface area (Å²) in [5, 5.41) is 22.1. The minimum Gasteiger partial charge on any atom is -0.391 e. The summed E-state index contributed by atoms with van der Waals surface area (Å²) in [5.74, 6) is 2.76. The highest BCUT2D eigenvalue weighted by atomic mass is 16.3. The molecule has 0 unspecified atom stereocenters. The molecule has 5 rings (SSSR count). The van der Waals surface area contributed by atoms with Gasteiger partial charge in [0.05, 0.1) is 23.4 Å². The molecule has 2 aliphatic rings. The van der Waals surface area contributed by atoms with Crippen LogP contribution in [0.15, 0.2) is 48.8 Å². The molecule has 1 aliphatic carbocycles. The fourth-order valence-electron chi connectivity index (χ4n) is 3.79. The number of hydrogen-bond donors (Lipinski definition) is 2. The molecule has 1 atom stereocenters. The second-order valence-corrected chi connectivity index (χ2v) is 7.91. The van der Waals surface area contributed by atoms with E-state index in [0.717, 1.165) is 30.0 Å². The zero-order valence-corrected chi connectivity index (χ0v) is 16.5. The number of aromatic nitrogens is 3. The van der Waals surface area contributed by atoms with Gasteiger partial charge in [-0.05, 0) is 67.1 Å². The summed E-state index contributed by atoms with van der Waals surface area (Å²) in [5.41, 5.74) is 3.62. The summed E-state index contributed by atoms with van der Waals surface area (Å²) in [6.45, 7) is 1.45. The number of nitrogens with one attached hydrogen (secondary N) is 1. The quantitative estimate of drug-likeness (QED) is 0.677. The van der Waals surface area contributed by atoms with Crippen molar-refractivity contribution in [3.63, 3.8) is 0 Å². The van der Waals surface area contributed by atoms with Crippen LogP contribution in [0.3, 0.4) is 0 Å². The Labute approximate surface area is 175 Å². The summed E-state index contributed by atoms with van der Waals surface area (Å²) in [7, 11) is 0. The molecule has 30 heavy (non-hydrogen) atoms. The average Bonchev–Trinajstić information content (AvgIpc) is 3.54. The lowest BCUT2D eigenvalue weighted by Gasteiger charge is -2.17. The number of β-amino-alcohol motifs (C(OH)–C–C–N with tert-alkyl or cyclic N) is 1. The Balaban J connectivity index is 1.43. The van der Waals surface area contributed by atoms with Gasteiger partial charge in [-0.15, -0.1) is 0 Å². The molecule has 1 saturated carbocycles. The molecule has 0 radical (unpaired) electrons. The van der Waals surface area contributed by atoms with Crippen LogP contribution in [-0.4, -0.2) is 39.3 Å². The van der Waals surface area contributed by atoms with E-state index >= 15 is 0 Å². The maximum Gasteiger partial charge on any atom is 0.132 e. The van der Waals surface area contributed by atoms with Gasteiger partial charge in [-0.1, -0.05) is 0 Å². The highest BCUT2D eigenvalue weighted by Crippen LogP contribution is 2.42. The first kappa shape index (κ1) is 18.5. The summed E-state index contributed by atoms with van der Waals surface area (Å²) in [6, 6.07) is 13.7. The topological polar surface area (TPSA) is 98.0 Å². The Morgan fingerprint density at radius 2 is 1.97 bits per heavy atom. The van der Waals surface area contributed by atoms with Gasteiger partial charge in [0, 0.05) is 31.0 Å².